The smallest absolute Gasteiger partial charge is 0.410 e. The first-order chi connectivity index (χ1) is 10.3. The van der Waals surface area contributed by atoms with Crippen LogP contribution in [0.3, 0.4) is 0 Å². The fourth-order valence-corrected chi connectivity index (χ4v) is 2.43. The molecule has 0 bridgehead atoms. The Morgan fingerprint density at radius 2 is 2.27 bits per heavy atom. The predicted molar refractivity (Wildman–Crippen MR) is 84.7 cm³/mol. The van der Waals surface area contributed by atoms with E-state index in [1.807, 2.05) is 38.6 Å². The van der Waals surface area contributed by atoms with Crippen molar-refractivity contribution in [3.05, 3.63) is 24.0 Å². The summed E-state index contributed by atoms with van der Waals surface area (Å²) in [7, 11) is 2.00. The van der Waals surface area contributed by atoms with Crippen LogP contribution in [0.15, 0.2) is 18.5 Å². The molecule has 0 aromatic carbocycles. The van der Waals surface area contributed by atoms with E-state index in [1.54, 1.807) is 4.90 Å². The molecule has 2 rings (SSSR count). The normalized spacial score (nSPS) is 19.3. The van der Waals surface area contributed by atoms with Gasteiger partial charge in [-0.3, -0.25) is 4.90 Å². The highest BCUT2D eigenvalue weighted by Gasteiger charge is 2.30. The topological polar surface area (TPSA) is 55.7 Å². The fourth-order valence-electron chi connectivity index (χ4n) is 2.43. The highest BCUT2D eigenvalue weighted by molar-refractivity contribution is 5.68. The molecule has 1 saturated heterocycles. The summed E-state index contributed by atoms with van der Waals surface area (Å²) in [5.41, 5.74) is 0.750. The fraction of sp³-hybridized carbons (Fsp3) is 0.688. The number of hydrogen-bond donors (Lipinski definition) is 1. The maximum absolute atomic E-state index is 12.3. The minimum absolute atomic E-state index is 0.00677. The van der Waals surface area contributed by atoms with Crippen LogP contribution < -0.4 is 5.32 Å². The Hall–Kier alpha value is -1.53. The maximum atomic E-state index is 12.3. The third-order valence-corrected chi connectivity index (χ3v) is 3.46. The van der Waals surface area contributed by atoms with Crippen LogP contribution in [0.2, 0.25) is 0 Å². The number of nitrogens with zero attached hydrogens (tertiary/aromatic N) is 2. The van der Waals surface area contributed by atoms with Gasteiger partial charge in [0.05, 0.1) is 19.3 Å². The van der Waals surface area contributed by atoms with Gasteiger partial charge in [0, 0.05) is 39.1 Å². The third kappa shape index (κ3) is 5.03. The SMILES string of the molecule is Cn1ccc(CNCC2COCCN2C(=O)OC(C)(C)C)c1. The van der Waals surface area contributed by atoms with Gasteiger partial charge >= 0.3 is 6.09 Å². The summed E-state index contributed by atoms with van der Waals surface area (Å²) in [6.07, 6.45) is 3.84. The number of amides is 1. The lowest BCUT2D eigenvalue weighted by atomic mass is 10.2. The molecule has 6 heteroatoms. The van der Waals surface area contributed by atoms with Crippen molar-refractivity contribution in [2.24, 2.45) is 7.05 Å². The van der Waals surface area contributed by atoms with Gasteiger partial charge in [0.25, 0.3) is 0 Å². The molecule has 1 aromatic heterocycles. The van der Waals surface area contributed by atoms with Crippen LogP contribution in [0, 0.1) is 0 Å². The molecule has 1 unspecified atom stereocenters. The van der Waals surface area contributed by atoms with Gasteiger partial charge in [-0.15, -0.1) is 0 Å². The number of morpholine rings is 1. The number of aryl methyl sites for hydroxylation is 1. The summed E-state index contributed by atoms with van der Waals surface area (Å²) in [5.74, 6) is 0. The number of rotatable bonds is 4. The van der Waals surface area contributed by atoms with Gasteiger partial charge in [0.2, 0.25) is 0 Å². The van der Waals surface area contributed by atoms with Gasteiger partial charge in [-0.1, -0.05) is 0 Å². The van der Waals surface area contributed by atoms with Crippen molar-refractivity contribution in [3.8, 4) is 0 Å². The van der Waals surface area contributed by atoms with Crippen molar-refractivity contribution in [3.63, 3.8) is 0 Å². The van der Waals surface area contributed by atoms with Crippen molar-refractivity contribution in [1.82, 2.24) is 14.8 Å². The van der Waals surface area contributed by atoms with Crippen LogP contribution in [0.4, 0.5) is 4.79 Å². The van der Waals surface area contributed by atoms with Gasteiger partial charge in [-0.05, 0) is 32.4 Å². The van der Waals surface area contributed by atoms with E-state index in [1.165, 1.54) is 5.56 Å². The first kappa shape index (κ1) is 16.8. The molecule has 0 saturated carbocycles. The van der Waals surface area contributed by atoms with E-state index in [0.717, 1.165) is 6.54 Å². The number of aromatic nitrogens is 1. The van der Waals surface area contributed by atoms with Crippen LogP contribution in [0.25, 0.3) is 0 Å². The van der Waals surface area contributed by atoms with E-state index >= 15 is 0 Å². The lowest BCUT2D eigenvalue weighted by Gasteiger charge is -2.36. The van der Waals surface area contributed by atoms with Crippen molar-refractivity contribution in [2.75, 3.05) is 26.3 Å². The molecule has 2 heterocycles. The molecule has 0 radical (unpaired) electrons. The standard InChI is InChI=1S/C16H27N3O3/c1-16(2,3)22-15(20)19-7-8-21-12-14(19)10-17-9-13-5-6-18(4)11-13/h5-6,11,14,17H,7-10,12H2,1-4H3. The molecule has 124 valence electrons. The summed E-state index contributed by atoms with van der Waals surface area (Å²) in [4.78, 5) is 14.0. The highest BCUT2D eigenvalue weighted by Crippen LogP contribution is 2.14. The number of nitrogens with one attached hydrogen (secondary N) is 1. The number of ether oxygens (including phenoxy) is 2. The zero-order valence-corrected chi connectivity index (χ0v) is 14.0. The number of carbonyl (C=O) groups is 1. The third-order valence-electron chi connectivity index (χ3n) is 3.46. The molecule has 6 nitrogen and oxygen atoms in total. The van der Waals surface area contributed by atoms with Crippen molar-refractivity contribution in [2.45, 2.75) is 39.0 Å². The molecule has 1 aliphatic rings. The highest BCUT2D eigenvalue weighted by atomic mass is 16.6. The molecule has 0 spiro atoms. The summed E-state index contributed by atoms with van der Waals surface area (Å²) in [6.45, 7) is 8.80. The first-order valence-electron chi connectivity index (χ1n) is 7.74. The van der Waals surface area contributed by atoms with E-state index in [-0.39, 0.29) is 12.1 Å². The van der Waals surface area contributed by atoms with Crippen molar-refractivity contribution < 1.29 is 14.3 Å². The second-order valence-electron chi connectivity index (χ2n) is 6.72. The molecule has 1 atom stereocenters. The van der Waals surface area contributed by atoms with E-state index in [2.05, 4.69) is 17.6 Å². The quantitative estimate of drug-likeness (QED) is 0.920. The lowest BCUT2D eigenvalue weighted by Crippen LogP contribution is -2.53. The Kier molecular flexibility index (Phi) is 5.47. The Balaban J connectivity index is 1.85. The Labute approximate surface area is 132 Å². The maximum Gasteiger partial charge on any atom is 0.410 e. The molecule has 1 aromatic rings. The summed E-state index contributed by atoms with van der Waals surface area (Å²) in [6, 6.07) is 2.09. The average Bonchev–Trinajstić information content (AvgIpc) is 2.83. The minimum atomic E-state index is -0.475. The van der Waals surface area contributed by atoms with Gasteiger partial charge in [-0.2, -0.15) is 0 Å². The Morgan fingerprint density at radius 1 is 1.50 bits per heavy atom. The van der Waals surface area contributed by atoms with Crippen LogP contribution in [0.5, 0.6) is 0 Å². The molecule has 1 amide bonds. The van der Waals surface area contributed by atoms with E-state index in [0.29, 0.717) is 26.3 Å². The van der Waals surface area contributed by atoms with E-state index in [4.69, 9.17) is 9.47 Å². The van der Waals surface area contributed by atoms with Gasteiger partial charge in [0.15, 0.2) is 0 Å². The molecular formula is C16H27N3O3. The van der Waals surface area contributed by atoms with Gasteiger partial charge < -0.3 is 19.4 Å². The van der Waals surface area contributed by atoms with E-state index < -0.39 is 5.60 Å². The number of carbonyl (C=O) groups excluding carboxylic acids is 1. The molecule has 1 N–H and O–H groups in total. The second kappa shape index (κ2) is 7.15. The number of hydrogen-bond acceptors (Lipinski definition) is 4. The molecule has 1 fully saturated rings. The van der Waals surface area contributed by atoms with Gasteiger partial charge in [0.1, 0.15) is 5.60 Å². The summed E-state index contributed by atoms with van der Waals surface area (Å²) in [5, 5.41) is 3.39. The monoisotopic (exact) mass is 309 g/mol. The van der Waals surface area contributed by atoms with Crippen LogP contribution >= 0.6 is 0 Å². The molecular weight excluding hydrogens is 282 g/mol. The van der Waals surface area contributed by atoms with Crippen molar-refractivity contribution in [1.29, 1.82) is 0 Å². The van der Waals surface area contributed by atoms with Crippen LogP contribution in [0.1, 0.15) is 26.3 Å². The zero-order valence-electron chi connectivity index (χ0n) is 14.0. The zero-order chi connectivity index (χ0) is 16.2. The summed E-state index contributed by atoms with van der Waals surface area (Å²) < 4.78 is 13.0. The molecule has 1 aliphatic heterocycles. The molecule has 22 heavy (non-hydrogen) atoms. The second-order valence-corrected chi connectivity index (χ2v) is 6.72. The lowest BCUT2D eigenvalue weighted by molar-refractivity contribution is -0.0317. The Bertz CT molecular complexity index is 493. The van der Waals surface area contributed by atoms with Crippen LogP contribution in [-0.2, 0) is 23.1 Å². The average molecular weight is 309 g/mol. The Morgan fingerprint density at radius 3 is 2.91 bits per heavy atom. The molecule has 0 aliphatic carbocycles. The largest absolute Gasteiger partial charge is 0.444 e. The van der Waals surface area contributed by atoms with Crippen LogP contribution in [-0.4, -0.2) is 53.5 Å². The van der Waals surface area contributed by atoms with Crippen molar-refractivity contribution >= 4 is 6.09 Å². The first-order valence-corrected chi connectivity index (χ1v) is 7.74. The minimum Gasteiger partial charge on any atom is -0.444 e. The summed E-state index contributed by atoms with van der Waals surface area (Å²) >= 11 is 0. The van der Waals surface area contributed by atoms with E-state index in [9.17, 15) is 4.79 Å². The van der Waals surface area contributed by atoms with Gasteiger partial charge in [-0.25, -0.2) is 4.79 Å². The predicted octanol–water partition coefficient (Wildman–Crippen LogP) is 1.75.